The molecule has 0 spiro atoms. The number of nitrogens with zero attached hydrogens (tertiary/aromatic N) is 1. The van der Waals surface area contributed by atoms with Crippen LogP contribution in [0.2, 0.25) is 0 Å². The highest BCUT2D eigenvalue weighted by molar-refractivity contribution is 5.75. The van der Waals surface area contributed by atoms with Gasteiger partial charge in [0, 0.05) is 45.7 Å². The Balaban J connectivity index is 2.11. The SMILES string of the molecule is CCC(=O)NCC(O)CN1CCNCC1. The maximum atomic E-state index is 11.0. The second-order valence-corrected chi connectivity index (χ2v) is 3.86. The predicted molar refractivity (Wildman–Crippen MR) is 58.6 cm³/mol. The Kier molecular flexibility index (Phi) is 5.60. The van der Waals surface area contributed by atoms with Crippen LogP contribution in [0.5, 0.6) is 0 Å². The Hall–Kier alpha value is -0.650. The molecule has 1 fully saturated rings. The maximum absolute atomic E-state index is 11.0. The molecular formula is C10H21N3O2. The second kappa shape index (κ2) is 6.76. The van der Waals surface area contributed by atoms with Crippen LogP contribution in [0, 0.1) is 0 Å². The van der Waals surface area contributed by atoms with Crippen molar-refractivity contribution in [2.75, 3.05) is 39.3 Å². The molecule has 0 saturated carbocycles. The van der Waals surface area contributed by atoms with Crippen LogP contribution in [0.3, 0.4) is 0 Å². The summed E-state index contributed by atoms with van der Waals surface area (Å²) in [7, 11) is 0. The number of aliphatic hydroxyl groups excluding tert-OH is 1. The smallest absolute Gasteiger partial charge is 0.219 e. The predicted octanol–water partition coefficient (Wildman–Crippen LogP) is -1.22. The molecule has 88 valence electrons. The number of carbonyl (C=O) groups excluding carboxylic acids is 1. The Morgan fingerprint density at radius 3 is 2.80 bits per heavy atom. The zero-order valence-corrected chi connectivity index (χ0v) is 9.33. The maximum Gasteiger partial charge on any atom is 0.219 e. The number of hydrogen-bond donors (Lipinski definition) is 3. The Bertz CT molecular complexity index is 193. The van der Waals surface area contributed by atoms with Gasteiger partial charge in [0.05, 0.1) is 6.10 Å². The van der Waals surface area contributed by atoms with Crippen molar-refractivity contribution in [2.24, 2.45) is 0 Å². The quantitative estimate of drug-likeness (QED) is 0.538. The number of piperazine rings is 1. The summed E-state index contributed by atoms with van der Waals surface area (Å²) in [5.41, 5.74) is 0. The largest absolute Gasteiger partial charge is 0.390 e. The molecule has 1 amide bonds. The van der Waals surface area contributed by atoms with Crippen molar-refractivity contribution in [1.82, 2.24) is 15.5 Å². The van der Waals surface area contributed by atoms with Gasteiger partial charge in [-0.3, -0.25) is 9.69 Å². The number of nitrogens with one attached hydrogen (secondary N) is 2. The molecule has 0 aromatic carbocycles. The van der Waals surface area contributed by atoms with Gasteiger partial charge in [0.1, 0.15) is 0 Å². The highest BCUT2D eigenvalue weighted by Gasteiger charge is 2.14. The average molecular weight is 215 g/mol. The molecule has 0 aromatic rings. The summed E-state index contributed by atoms with van der Waals surface area (Å²) >= 11 is 0. The average Bonchev–Trinajstić information content (AvgIpc) is 2.27. The number of β-amino-alcohol motifs (C(OH)–C–C–N with tert-alkyl or cyclic N) is 1. The van der Waals surface area contributed by atoms with E-state index in [9.17, 15) is 9.90 Å². The van der Waals surface area contributed by atoms with E-state index in [-0.39, 0.29) is 5.91 Å². The van der Waals surface area contributed by atoms with Gasteiger partial charge in [-0.1, -0.05) is 6.92 Å². The monoisotopic (exact) mass is 215 g/mol. The summed E-state index contributed by atoms with van der Waals surface area (Å²) in [4.78, 5) is 13.2. The topological polar surface area (TPSA) is 64.6 Å². The van der Waals surface area contributed by atoms with E-state index in [0.29, 0.717) is 19.5 Å². The third-order valence-electron chi connectivity index (χ3n) is 2.53. The Labute approximate surface area is 90.8 Å². The van der Waals surface area contributed by atoms with Gasteiger partial charge in [-0.05, 0) is 0 Å². The summed E-state index contributed by atoms with van der Waals surface area (Å²) in [5, 5.41) is 15.6. The highest BCUT2D eigenvalue weighted by atomic mass is 16.3. The van der Waals surface area contributed by atoms with Crippen molar-refractivity contribution in [3.63, 3.8) is 0 Å². The molecule has 3 N–H and O–H groups in total. The van der Waals surface area contributed by atoms with E-state index in [1.165, 1.54) is 0 Å². The van der Waals surface area contributed by atoms with Gasteiger partial charge >= 0.3 is 0 Å². The van der Waals surface area contributed by atoms with Crippen LogP contribution in [-0.2, 0) is 4.79 Å². The number of rotatable bonds is 5. The van der Waals surface area contributed by atoms with E-state index in [1.807, 2.05) is 0 Å². The third kappa shape index (κ3) is 5.11. The van der Waals surface area contributed by atoms with Crippen LogP contribution in [0.25, 0.3) is 0 Å². The summed E-state index contributed by atoms with van der Waals surface area (Å²) in [5.74, 6) is -0.00522. The molecule has 1 rings (SSSR count). The van der Waals surface area contributed by atoms with Gasteiger partial charge in [-0.15, -0.1) is 0 Å². The second-order valence-electron chi connectivity index (χ2n) is 3.86. The first-order valence-electron chi connectivity index (χ1n) is 5.60. The van der Waals surface area contributed by atoms with Crippen LogP contribution in [0.4, 0.5) is 0 Å². The molecule has 1 saturated heterocycles. The van der Waals surface area contributed by atoms with Crippen LogP contribution in [-0.4, -0.2) is 61.3 Å². The molecule has 5 nitrogen and oxygen atoms in total. The number of amides is 1. The third-order valence-corrected chi connectivity index (χ3v) is 2.53. The zero-order chi connectivity index (χ0) is 11.1. The van der Waals surface area contributed by atoms with Crippen molar-refractivity contribution < 1.29 is 9.90 Å². The number of hydrogen-bond acceptors (Lipinski definition) is 4. The van der Waals surface area contributed by atoms with E-state index in [4.69, 9.17) is 0 Å². The Morgan fingerprint density at radius 1 is 1.53 bits per heavy atom. The van der Waals surface area contributed by atoms with E-state index in [0.717, 1.165) is 26.2 Å². The molecule has 1 heterocycles. The standard InChI is InChI=1S/C10H21N3O2/c1-2-10(15)12-7-9(14)8-13-5-3-11-4-6-13/h9,11,14H,2-8H2,1H3,(H,12,15). The first-order valence-corrected chi connectivity index (χ1v) is 5.60. The number of aliphatic hydroxyl groups is 1. The summed E-state index contributed by atoms with van der Waals surface area (Å²) in [6.45, 7) is 6.71. The lowest BCUT2D eigenvalue weighted by atomic mass is 10.2. The molecule has 1 atom stereocenters. The molecule has 0 aliphatic carbocycles. The van der Waals surface area contributed by atoms with Crippen LogP contribution in [0.1, 0.15) is 13.3 Å². The summed E-state index contributed by atoms with van der Waals surface area (Å²) in [6.07, 6.45) is 0.0129. The fraction of sp³-hybridized carbons (Fsp3) is 0.900. The van der Waals surface area contributed by atoms with E-state index < -0.39 is 6.10 Å². The minimum absolute atomic E-state index is 0.00522. The molecule has 0 aromatic heterocycles. The van der Waals surface area contributed by atoms with E-state index in [1.54, 1.807) is 6.92 Å². The van der Waals surface area contributed by atoms with Crippen LogP contribution >= 0.6 is 0 Å². The van der Waals surface area contributed by atoms with Gasteiger partial charge in [0.15, 0.2) is 0 Å². The normalized spacial score (nSPS) is 19.9. The van der Waals surface area contributed by atoms with E-state index in [2.05, 4.69) is 15.5 Å². The molecule has 1 aliphatic heterocycles. The molecule has 1 aliphatic rings. The molecule has 5 heteroatoms. The Morgan fingerprint density at radius 2 is 2.20 bits per heavy atom. The summed E-state index contributed by atoms with van der Waals surface area (Å²) in [6, 6.07) is 0. The van der Waals surface area contributed by atoms with Crippen LogP contribution in [0.15, 0.2) is 0 Å². The number of carbonyl (C=O) groups is 1. The molecular weight excluding hydrogens is 194 g/mol. The zero-order valence-electron chi connectivity index (χ0n) is 9.33. The highest BCUT2D eigenvalue weighted by Crippen LogP contribution is 1.94. The molecule has 0 bridgehead atoms. The van der Waals surface area contributed by atoms with Crippen molar-refractivity contribution in [1.29, 1.82) is 0 Å². The first-order chi connectivity index (χ1) is 7.22. The molecule has 0 radical (unpaired) electrons. The van der Waals surface area contributed by atoms with E-state index >= 15 is 0 Å². The minimum atomic E-state index is -0.460. The van der Waals surface area contributed by atoms with Gasteiger partial charge in [-0.25, -0.2) is 0 Å². The lowest BCUT2D eigenvalue weighted by Gasteiger charge is -2.29. The van der Waals surface area contributed by atoms with Crippen molar-refractivity contribution >= 4 is 5.91 Å². The van der Waals surface area contributed by atoms with Gasteiger partial charge < -0.3 is 15.7 Å². The fourth-order valence-electron chi connectivity index (χ4n) is 1.61. The van der Waals surface area contributed by atoms with Crippen molar-refractivity contribution in [3.05, 3.63) is 0 Å². The van der Waals surface area contributed by atoms with Gasteiger partial charge in [-0.2, -0.15) is 0 Å². The van der Waals surface area contributed by atoms with Crippen molar-refractivity contribution in [2.45, 2.75) is 19.4 Å². The van der Waals surface area contributed by atoms with Crippen LogP contribution < -0.4 is 10.6 Å². The molecule has 1 unspecified atom stereocenters. The van der Waals surface area contributed by atoms with Gasteiger partial charge in [0.2, 0.25) is 5.91 Å². The van der Waals surface area contributed by atoms with Crippen molar-refractivity contribution in [3.8, 4) is 0 Å². The van der Waals surface area contributed by atoms with Gasteiger partial charge in [0.25, 0.3) is 0 Å². The lowest BCUT2D eigenvalue weighted by molar-refractivity contribution is -0.121. The lowest BCUT2D eigenvalue weighted by Crippen LogP contribution is -2.48. The minimum Gasteiger partial charge on any atom is -0.390 e. The fourth-order valence-corrected chi connectivity index (χ4v) is 1.61. The molecule has 15 heavy (non-hydrogen) atoms. The summed E-state index contributed by atoms with van der Waals surface area (Å²) < 4.78 is 0. The first kappa shape index (κ1) is 12.4.